The SMILES string of the molecule is C=CCn1c(SCC(=O)NCC(N)=O)nnc1-c1ccc(Cl)cc1Cl. The van der Waals surface area contributed by atoms with Crippen LogP contribution in [0.1, 0.15) is 0 Å². The summed E-state index contributed by atoms with van der Waals surface area (Å²) in [6.07, 6.45) is 1.69. The third-order valence-corrected chi connectivity index (χ3v) is 4.51. The van der Waals surface area contributed by atoms with E-state index < -0.39 is 5.91 Å². The zero-order chi connectivity index (χ0) is 18.4. The number of hydrogen-bond donors (Lipinski definition) is 2. The summed E-state index contributed by atoms with van der Waals surface area (Å²) in [6.45, 7) is 3.95. The van der Waals surface area contributed by atoms with Gasteiger partial charge in [-0.2, -0.15) is 0 Å². The molecule has 0 saturated heterocycles. The van der Waals surface area contributed by atoms with E-state index in [1.54, 1.807) is 28.8 Å². The summed E-state index contributed by atoms with van der Waals surface area (Å²) < 4.78 is 1.79. The van der Waals surface area contributed by atoms with Crippen LogP contribution >= 0.6 is 35.0 Å². The fourth-order valence-electron chi connectivity index (χ4n) is 1.93. The van der Waals surface area contributed by atoms with Crippen LogP contribution in [0.4, 0.5) is 0 Å². The highest BCUT2D eigenvalue weighted by Gasteiger charge is 2.17. The monoisotopic (exact) mass is 399 g/mol. The van der Waals surface area contributed by atoms with E-state index in [9.17, 15) is 9.59 Å². The summed E-state index contributed by atoms with van der Waals surface area (Å²) in [5, 5.41) is 12.2. The van der Waals surface area contributed by atoms with Crippen molar-refractivity contribution in [3.8, 4) is 11.4 Å². The van der Waals surface area contributed by atoms with E-state index in [1.165, 1.54) is 11.8 Å². The fourth-order valence-corrected chi connectivity index (χ4v) is 3.20. The maximum absolute atomic E-state index is 11.7. The van der Waals surface area contributed by atoms with Crippen LogP contribution in [0.2, 0.25) is 10.0 Å². The Morgan fingerprint density at radius 3 is 2.76 bits per heavy atom. The van der Waals surface area contributed by atoms with Crippen LogP contribution in [0.25, 0.3) is 11.4 Å². The highest BCUT2D eigenvalue weighted by atomic mass is 35.5. The summed E-state index contributed by atoms with van der Waals surface area (Å²) in [5.41, 5.74) is 5.66. The number of nitrogens with zero attached hydrogens (tertiary/aromatic N) is 3. The van der Waals surface area contributed by atoms with E-state index in [0.29, 0.717) is 33.1 Å². The van der Waals surface area contributed by atoms with Gasteiger partial charge < -0.3 is 11.1 Å². The number of rotatable bonds is 8. The molecule has 0 saturated carbocycles. The number of amides is 2. The van der Waals surface area contributed by atoms with Crippen molar-refractivity contribution in [2.24, 2.45) is 5.73 Å². The lowest BCUT2D eigenvalue weighted by molar-refractivity contribution is -0.123. The first kappa shape index (κ1) is 19.3. The highest BCUT2D eigenvalue weighted by molar-refractivity contribution is 7.99. The quantitative estimate of drug-likeness (QED) is 0.522. The van der Waals surface area contributed by atoms with Gasteiger partial charge in [0.1, 0.15) is 0 Å². The molecule has 132 valence electrons. The number of thioether (sulfide) groups is 1. The number of nitrogens with one attached hydrogen (secondary N) is 1. The number of benzene rings is 1. The van der Waals surface area contributed by atoms with Gasteiger partial charge in [0.05, 0.1) is 17.3 Å². The van der Waals surface area contributed by atoms with Crippen molar-refractivity contribution in [3.63, 3.8) is 0 Å². The minimum absolute atomic E-state index is 0.0664. The van der Waals surface area contributed by atoms with Gasteiger partial charge in [-0.1, -0.05) is 41.0 Å². The highest BCUT2D eigenvalue weighted by Crippen LogP contribution is 2.31. The van der Waals surface area contributed by atoms with Crippen molar-refractivity contribution in [2.45, 2.75) is 11.7 Å². The minimum Gasteiger partial charge on any atom is -0.368 e. The molecule has 1 heterocycles. The Bertz CT molecular complexity index is 809. The summed E-state index contributed by atoms with van der Waals surface area (Å²) in [4.78, 5) is 22.4. The number of hydrogen-bond acceptors (Lipinski definition) is 5. The molecule has 0 fully saturated rings. The Morgan fingerprint density at radius 2 is 2.12 bits per heavy atom. The van der Waals surface area contributed by atoms with Crippen molar-refractivity contribution >= 4 is 46.8 Å². The molecule has 10 heteroatoms. The second-order valence-corrected chi connectivity index (χ2v) is 6.65. The summed E-state index contributed by atoms with van der Waals surface area (Å²) >= 11 is 13.3. The molecule has 0 unspecified atom stereocenters. The molecule has 1 aromatic carbocycles. The summed E-state index contributed by atoms with van der Waals surface area (Å²) in [6, 6.07) is 5.08. The first-order valence-corrected chi connectivity index (χ1v) is 8.84. The Hall–Kier alpha value is -2.03. The molecule has 0 aliphatic heterocycles. The molecular weight excluding hydrogens is 385 g/mol. The zero-order valence-corrected chi connectivity index (χ0v) is 15.4. The van der Waals surface area contributed by atoms with Gasteiger partial charge in [0, 0.05) is 17.1 Å². The smallest absolute Gasteiger partial charge is 0.236 e. The Kier molecular flexibility index (Phi) is 6.86. The standard InChI is InChI=1S/C15H15Cl2N5O2S/c1-2-5-22-14(10-4-3-9(16)6-11(10)17)20-21-15(22)25-8-13(24)19-7-12(18)23/h2-4,6H,1,5,7-8H2,(H2,18,23)(H,19,24). The average molecular weight is 400 g/mol. The number of halogens is 2. The third kappa shape index (κ3) is 5.22. The van der Waals surface area contributed by atoms with Crippen LogP contribution in [0.15, 0.2) is 36.0 Å². The van der Waals surface area contributed by atoms with Gasteiger partial charge >= 0.3 is 0 Å². The fraction of sp³-hybridized carbons (Fsp3) is 0.200. The van der Waals surface area contributed by atoms with Crippen LogP contribution in [-0.2, 0) is 16.1 Å². The second-order valence-electron chi connectivity index (χ2n) is 4.86. The number of allylic oxidation sites excluding steroid dienone is 1. The Morgan fingerprint density at radius 1 is 1.36 bits per heavy atom. The molecule has 0 aliphatic rings. The number of carbonyl (C=O) groups excluding carboxylic acids is 2. The third-order valence-electron chi connectivity index (χ3n) is 2.99. The normalized spacial score (nSPS) is 10.5. The first-order valence-electron chi connectivity index (χ1n) is 7.09. The average Bonchev–Trinajstić information content (AvgIpc) is 2.94. The number of carbonyl (C=O) groups is 2. The number of aromatic nitrogens is 3. The molecule has 7 nitrogen and oxygen atoms in total. The number of primary amides is 1. The maximum Gasteiger partial charge on any atom is 0.236 e. The van der Waals surface area contributed by atoms with Crippen molar-refractivity contribution < 1.29 is 9.59 Å². The minimum atomic E-state index is -0.604. The van der Waals surface area contributed by atoms with Gasteiger partial charge in [0.2, 0.25) is 11.8 Å². The van der Waals surface area contributed by atoms with Crippen molar-refractivity contribution in [2.75, 3.05) is 12.3 Å². The Balaban J connectivity index is 2.20. The molecule has 0 spiro atoms. The first-order chi connectivity index (χ1) is 11.9. The van der Waals surface area contributed by atoms with E-state index in [4.69, 9.17) is 28.9 Å². The van der Waals surface area contributed by atoms with Crippen LogP contribution in [0.3, 0.4) is 0 Å². The van der Waals surface area contributed by atoms with Crippen LogP contribution < -0.4 is 11.1 Å². The van der Waals surface area contributed by atoms with E-state index in [1.807, 2.05) is 0 Å². The lowest BCUT2D eigenvalue weighted by atomic mass is 10.2. The van der Waals surface area contributed by atoms with Crippen molar-refractivity contribution in [3.05, 3.63) is 40.9 Å². The predicted molar refractivity (Wildman–Crippen MR) is 98.6 cm³/mol. The maximum atomic E-state index is 11.7. The molecule has 0 radical (unpaired) electrons. The molecule has 1 aromatic heterocycles. The molecule has 2 amide bonds. The van der Waals surface area contributed by atoms with Gasteiger partial charge in [0.15, 0.2) is 11.0 Å². The van der Waals surface area contributed by atoms with Gasteiger partial charge in [0.25, 0.3) is 0 Å². The number of nitrogens with two attached hydrogens (primary N) is 1. The zero-order valence-electron chi connectivity index (χ0n) is 13.0. The van der Waals surface area contributed by atoms with Crippen molar-refractivity contribution in [1.29, 1.82) is 0 Å². The summed E-state index contributed by atoms with van der Waals surface area (Å²) in [7, 11) is 0. The lowest BCUT2D eigenvalue weighted by Gasteiger charge is -2.09. The molecule has 0 bridgehead atoms. The van der Waals surface area contributed by atoms with E-state index in [0.717, 1.165) is 0 Å². The van der Waals surface area contributed by atoms with Crippen LogP contribution in [0.5, 0.6) is 0 Å². The van der Waals surface area contributed by atoms with E-state index in [-0.39, 0.29) is 18.2 Å². The van der Waals surface area contributed by atoms with Gasteiger partial charge in [-0.3, -0.25) is 14.2 Å². The summed E-state index contributed by atoms with van der Waals surface area (Å²) in [5.74, 6) is -0.325. The van der Waals surface area contributed by atoms with Crippen LogP contribution in [-0.4, -0.2) is 38.9 Å². The van der Waals surface area contributed by atoms with Gasteiger partial charge in [-0.15, -0.1) is 16.8 Å². The molecule has 3 N–H and O–H groups in total. The molecule has 0 atom stereocenters. The van der Waals surface area contributed by atoms with E-state index in [2.05, 4.69) is 22.1 Å². The van der Waals surface area contributed by atoms with Crippen LogP contribution in [0, 0.1) is 0 Å². The Labute approximate surface area is 158 Å². The lowest BCUT2D eigenvalue weighted by Crippen LogP contribution is -2.34. The topological polar surface area (TPSA) is 103 Å². The van der Waals surface area contributed by atoms with Crippen molar-refractivity contribution in [1.82, 2.24) is 20.1 Å². The molecule has 2 aromatic rings. The molecular formula is C15H15Cl2N5O2S. The van der Waals surface area contributed by atoms with Gasteiger partial charge in [-0.25, -0.2) is 0 Å². The van der Waals surface area contributed by atoms with Gasteiger partial charge in [-0.05, 0) is 18.2 Å². The molecule has 0 aliphatic carbocycles. The second kappa shape index (κ2) is 8.89. The predicted octanol–water partition coefficient (Wildman–Crippen LogP) is 2.13. The largest absolute Gasteiger partial charge is 0.368 e. The van der Waals surface area contributed by atoms with E-state index >= 15 is 0 Å². The molecule has 2 rings (SSSR count). The molecule has 25 heavy (non-hydrogen) atoms.